The molecule has 2 rings (SSSR count). The van der Waals surface area contributed by atoms with Crippen molar-refractivity contribution >= 4 is 12.6 Å². The summed E-state index contributed by atoms with van der Waals surface area (Å²) in [5.74, 6) is 0.865. The van der Waals surface area contributed by atoms with Crippen molar-refractivity contribution in [2.24, 2.45) is 5.73 Å². The third-order valence-corrected chi connectivity index (χ3v) is 3.14. The first-order valence-electron chi connectivity index (χ1n) is 4.77. The molecule has 0 amide bonds. The Balaban J connectivity index is 2.67. The van der Waals surface area contributed by atoms with Crippen LogP contribution in [0.4, 0.5) is 0 Å². The molecular weight excluding hydrogens is 194 g/mol. The summed E-state index contributed by atoms with van der Waals surface area (Å²) in [5, 5.41) is 0. The highest BCUT2D eigenvalue weighted by molar-refractivity contribution is 7.80. The summed E-state index contributed by atoms with van der Waals surface area (Å²) >= 11 is 4.38. The van der Waals surface area contributed by atoms with E-state index < -0.39 is 0 Å². The van der Waals surface area contributed by atoms with Gasteiger partial charge in [0.05, 0.1) is 6.61 Å². The largest absolute Gasteiger partial charge is 0.492 e. The molecule has 1 unspecified atom stereocenters. The average molecular weight is 209 g/mol. The van der Waals surface area contributed by atoms with Crippen LogP contribution in [0.2, 0.25) is 0 Å². The Kier molecular flexibility index (Phi) is 2.24. The molecule has 0 radical (unpaired) electrons. The van der Waals surface area contributed by atoms with Crippen molar-refractivity contribution in [2.75, 3.05) is 6.61 Å². The van der Waals surface area contributed by atoms with Crippen LogP contribution < -0.4 is 10.5 Å². The van der Waals surface area contributed by atoms with E-state index in [1.165, 1.54) is 5.56 Å². The Morgan fingerprint density at radius 1 is 1.50 bits per heavy atom. The minimum Gasteiger partial charge on any atom is -0.492 e. The maximum absolute atomic E-state index is 6.25. The first-order chi connectivity index (χ1) is 6.52. The third kappa shape index (κ3) is 1.41. The number of hydrogen-bond donors (Lipinski definition) is 2. The lowest BCUT2D eigenvalue weighted by Gasteiger charge is -2.34. The number of ether oxygens (including phenoxy) is 1. The zero-order chi connectivity index (χ0) is 10.3. The van der Waals surface area contributed by atoms with Gasteiger partial charge in [-0.1, -0.05) is 6.07 Å². The molecule has 0 saturated heterocycles. The molecule has 1 aromatic rings. The fraction of sp³-hybridized carbons (Fsp3) is 0.455. The summed E-state index contributed by atoms with van der Waals surface area (Å²) in [6.07, 6.45) is 0.859. The zero-order valence-corrected chi connectivity index (χ0v) is 9.40. The van der Waals surface area contributed by atoms with Crippen LogP contribution in [0.1, 0.15) is 24.5 Å². The van der Waals surface area contributed by atoms with Crippen molar-refractivity contribution in [3.8, 4) is 5.75 Å². The van der Waals surface area contributed by atoms with Crippen molar-refractivity contribution in [2.45, 2.75) is 30.7 Å². The number of rotatable bonds is 0. The number of benzene rings is 1. The fourth-order valence-electron chi connectivity index (χ4n) is 2.02. The van der Waals surface area contributed by atoms with E-state index in [0.717, 1.165) is 22.6 Å². The summed E-state index contributed by atoms with van der Waals surface area (Å²) in [4.78, 5) is 0.877. The topological polar surface area (TPSA) is 35.2 Å². The fourth-order valence-corrected chi connectivity index (χ4v) is 2.27. The highest BCUT2D eigenvalue weighted by Gasteiger charge is 2.31. The molecule has 0 aromatic heterocycles. The molecule has 0 fully saturated rings. The predicted molar refractivity (Wildman–Crippen MR) is 60.1 cm³/mol. The lowest BCUT2D eigenvalue weighted by atomic mass is 9.84. The van der Waals surface area contributed by atoms with E-state index >= 15 is 0 Å². The first kappa shape index (κ1) is 9.87. The van der Waals surface area contributed by atoms with Gasteiger partial charge in [-0.25, -0.2) is 0 Å². The Bertz CT molecular complexity index is 374. The van der Waals surface area contributed by atoms with Crippen molar-refractivity contribution < 1.29 is 4.74 Å². The summed E-state index contributed by atoms with van der Waals surface area (Å²) in [7, 11) is 0. The van der Waals surface area contributed by atoms with Gasteiger partial charge in [0, 0.05) is 22.4 Å². The van der Waals surface area contributed by atoms with E-state index in [1.807, 2.05) is 12.1 Å². The molecule has 1 aromatic carbocycles. The van der Waals surface area contributed by atoms with Crippen molar-refractivity contribution in [1.29, 1.82) is 0 Å². The summed E-state index contributed by atoms with van der Waals surface area (Å²) < 4.78 is 5.61. The van der Waals surface area contributed by atoms with E-state index in [1.54, 1.807) is 0 Å². The maximum atomic E-state index is 6.25. The second-order valence-corrected chi connectivity index (χ2v) is 4.60. The van der Waals surface area contributed by atoms with E-state index in [9.17, 15) is 0 Å². The standard InChI is InChI=1S/C11H15NOS/c1-7-3-4-8(14)10-9(7)11(2,12)5-6-13-10/h3-4,14H,5-6,12H2,1-2H3. The highest BCUT2D eigenvalue weighted by atomic mass is 32.1. The van der Waals surface area contributed by atoms with Gasteiger partial charge >= 0.3 is 0 Å². The van der Waals surface area contributed by atoms with Crippen molar-refractivity contribution in [1.82, 2.24) is 0 Å². The van der Waals surface area contributed by atoms with E-state index in [4.69, 9.17) is 10.5 Å². The van der Waals surface area contributed by atoms with Crippen molar-refractivity contribution in [3.63, 3.8) is 0 Å². The monoisotopic (exact) mass is 209 g/mol. The summed E-state index contributed by atoms with van der Waals surface area (Å²) in [6, 6.07) is 4.00. The van der Waals surface area contributed by atoms with Gasteiger partial charge in [-0.2, -0.15) is 0 Å². The number of aryl methyl sites for hydroxylation is 1. The zero-order valence-electron chi connectivity index (χ0n) is 8.50. The Hall–Kier alpha value is -0.670. The molecule has 14 heavy (non-hydrogen) atoms. The summed E-state index contributed by atoms with van der Waals surface area (Å²) in [5.41, 5.74) is 8.25. The molecule has 0 bridgehead atoms. The first-order valence-corrected chi connectivity index (χ1v) is 5.22. The lowest BCUT2D eigenvalue weighted by Crippen LogP contribution is -2.39. The molecule has 0 spiro atoms. The van der Waals surface area contributed by atoms with Gasteiger partial charge in [-0.3, -0.25) is 0 Å². The van der Waals surface area contributed by atoms with Crippen LogP contribution in [0.5, 0.6) is 5.75 Å². The van der Waals surface area contributed by atoms with Gasteiger partial charge in [-0.15, -0.1) is 12.6 Å². The second-order valence-electron chi connectivity index (χ2n) is 4.12. The molecule has 3 heteroatoms. The Morgan fingerprint density at radius 2 is 2.21 bits per heavy atom. The Morgan fingerprint density at radius 3 is 2.86 bits per heavy atom. The van der Waals surface area contributed by atoms with E-state index in [0.29, 0.717) is 6.61 Å². The van der Waals surface area contributed by atoms with Crippen LogP contribution >= 0.6 is 12.6 Å². The van der Waals surface area contributed by atoms with E-state index in [-0.39, 0.29) is 5.54 Å². The van der Waals surface area contributed by atoms with Crippen LogP contribution in [-0.2, 0) is 5.54 Å². The average Bonchev–Trinajstić information content (AvgIpc) is 2.10. The van der Waals surface area contributed by atoms with Gasteiger partial charge in [0.25, 0.3) is 0 Å². The molecule has 1 aliphatic heterocycles. The quantitative estimate of drug-likeness (QED) is 0.643. The van der Waals surface area contributed by atoms with Gasteiger partial charge in [0.2, 0.25) is 0 Å². The molecule has 76 valence electrons. The molecule has 1 atom stereocenters. The number of thiol groups is 1. The van der Waals surface area contributed by atoms with E-state index in [2.05, 4.69) is 26.5 Å². The highest BCUT2D eigenvalue weighted by Crippen LogP contribution is 2.40. The molecule has 2 nitrogen and oxygen atoms in total. The second kappa shape index (κ2) is 3.17. The van der Waals surface area contributed by atoms with Crippen LogP contribution in [0, 0.1) is 6.92 Å². The SMILES string of the molecule is Cc1ccc(S)c2c1C(C)(N)CCO2. The smallest absolute Gasteiger partial charge is 0.137 e. The molecule has 0 saturated carbocycles. The molecule has 1 heterocycles. The van der Waals surface area contributed by atoms with Gasteiger partial charge in [0.15, 0.2) is 0 Å². The van der Waals surface area contributed by atoms with Crippen LogP contribution in [0.15, 0.2) is 17.0 Å². The Labute approximate surface area is 89.9 Å². The van der Waals surface area contributed by atoms with Gasteiger partial charge in [-0.05, 0) is 25.5 Å². The van der Waals surface area contributed by atoms with Crippen LogP contribution in [-0.4, -0.2) is 6.61 Å². The molecule has 2 N–H and O–H groups in total. The summed E-state index contributed by atoms with van der Waals surface area (Å²) in [6.45, 7) is 4.79. The maximum Gasteiger partial charge on any atom is 0.137 e. The normalized spacial score (nSPS) is 25.4. The third-order valence-electron chi connectivity index (χ3n) is 2.78. The van der Waals surface area contributed by atoms with Gasteiger partial charge < -0.3 is 10.5 Å². The lowest BCUT2D eigenvalue weighted by molar-refractivity contribution is 0.221. The minimum absolute atomic E-state index is 0.281. The number of nitrogens with two attached hydrogens (primary N) is 1. The number of fused-ring (bicyclic) bond motifs is 1. The van der Waals surface area contributed by atoms with Crippen molar-refractivity contribution in [3.05, 3.63) is 23.3 Å². The predicted octanol–water partition coefficient (Wildman–Crippen LogP) is 2.24. The molecule has 1 aliphatic rings. The molecular formula is C11H15NOS. The minimum atomic E-state index is -0.281. The van der Waals surface area contributed by atoms with Crippen LogP contribution in [0.25, 0.3) is 0 Å². The molecule has 0 aliphatic carbocycles. The van der Waals surface area contributed by atoms with Crippen LogP contribution in [0.3, 0.4) is 0 Å². The van der Waals surface area contributed by atoms with Gasteiger partial charge in [0.1, 0.15) is 5.75 Å². The number of hydrogen-bond acceptors (Lipinski definition) is 3.